The maximum atomic E-state index is 13.4. The molecule has 3 aromatic rings. The van der Waals surface area contributed by atoms with Crippen LogP contribution >= 0.6 is 0 Å². The number of pyridine rings is 1. The van der Waals surface area contributed by atoms with Crippen molar-refractivity contribution >= 4 is 28.3 Å². The monoisotopic (exact) mass is 433 g/mol. The molecule has 0 unspecified atom stereocenters. The molecule has 0 radical (unpaired) electrons. The van der Waals surface area contributed by atoms with E-state index in [1.807, 2.05) is 48.5 Å². The van der Waals surface area contributed by atoms with Crippen LogP contribution in [0, 0.1) is 11.8 Å². The summed E-state index contributed by atoms with van der Waals surface area (Å²) in [5, 5.41) is 7.46. The van der Waals surface area contributed by atoms with E-state index in [-0.39, 0.29) is 11.9 Å². The highest BCUT2D eigenvalue weighted by molar-refractivity contribution is 6.07. The first-order chi connectivity index (χ1) is 15.5. The third kappa shape index (κ3) is 4.49. The fourth-order valence-electron chi connectivity index (χ4n) is 4.52. The highest BCUT2D eigenvalue weighted by atomic mass is 16.5. The van der Waals surface area contributed by atoms with Gasteiger partial charge in [-0.1, -0.05) is 44.9 Å². The SMILES string of the molecule is COc1ccc(Nc2cc(C(=O)N[C@@H]3CCC[C@@H](C)[C@@H]3C)c3ccccc3n2)cc1OC. The minimum Gasteiger partial charge on any atom is -0.493 e. The number of hydrogen-bond acceptors (Lipinski definition) is 5. The summed E-state index contributed by atoms with van der Waals surface area (Å²) in [4.78, 5) is 18.1. The molecule has 2 N–H and O–H groups in total. The van der Waals surface area contributed by atoms with Gasteiger partial charge in [0.2, 0.25) is 0 Å². The van der Waals surface area contributed by atoms with Crippen LogP contribution in [0.5, 0.6) is 11.5 Å². The predicted octanol–water partition coefficient (Wildman–Crippen LogP) is 5.55. The predicted molar refractivity (Wildman–Crippen MR) is 128 cm³/mol. The van der Waals surface area contributed by atoms with Gasteiger partial charge in [0.15, 0.2) is 11.5 Å². The van der Waals surface area contributed by atoms with Crippen molar-refractivity contribution in [3.05, 3.63) is 54.1 Å². The molecule has 1 heterocycles. The number of carbonyl (C=O) groups excluding carboxylic acids is 1. The Morgan fingerprint density at radius 2 is 1.78 bits per heavy atom. The lowest BCUT2D eigenvalue weighted by Gasteiger charge is -2.34. The van der Waals surface area contributed by atoms with Crippen molar-refractivity contribution in [3.8, 4) is 11.5 Å². The molecule has 168 valence electrons. The third-order valence-electron chi connectivity index (χ3n) is 6.64. The van der Waals surface area contributed by atoms with Gasteiger partial charge in [-0.15, -0.1) is 0 Å². The number of amides is 1. The highest BCUT2D eigenvalue weighted by Gasteiger charge is 2.29. The largest absolute Gasteiger partial charge is 0.493 e. The lowest BCUT2D eigenvalue weighted by Crippen LogP contribution is -2.43. The maximum absolute atomic E-state index is 13.4. The summed E-state index contributed by atoms with van der Waals surface area (Å²) in [6.45, 7) is 4.51. The number of methoxy groups -OCH3 is 2. The van der Waals surface area contributed by atoms with Crippen molar-refractivity contribution < 1.29 is 14.3 Å². The van der Waals surface area contributed by atoms with Crippen molar-refractivity contribution in [2.24, 2.45) is 11.8 Å². The van der Waals surface area contributed by atoms with E-state index in [4.69, 9.17) is 14.5 Å². The molecule has 4 rings (SSSR count). The average molecular weight is 434 g/mol. The molecule has 6 nitrogen and oxygen atoms in total. The number of aromatic nitrogens is 1. The lowest BCUT2D eigenvalue weighted by atomic mass is 9.78. The van der Waals surface area contributed by atoms with Gasteiger partial charge in [-0.3, -0.25) is 4.79 Å². The molecule has 32 heavy (non-hydrogen) atoms. The van der Waals surface area contributed by atoms with Crippen molar-refractivity contribution in [2.45, 2.75) is 39.2 Å². The van der Waals surface area contributed by atoms with E-state index < -0.39 is 0 Å². The fraction of sp³-hybridized carbons (Fsp3) is 0.385. The van der Waals surface area contributed by atoms with Crippen LogP contribution in [0.1, 0.15) is 43.5 Å². The molecule has 0 bridgehead atoms. The highest BCUT2D eigenvalue weighted by Crippen LogP contribution is 2.32. The summed E-state index contributed by atoms with van der Waals surface area (Å²) in [7, 11) is 3.21. The normalized spacial score (nSPS) is 20.6. The molecular formula is C26H31N3O3. The van der Waals surface area contributed by atoms with Gasteiger partial charge in [-0.05, 0) is 42.5 Å². The van der Waals surface area contributed by atoms with Gasteiger partial charge in [0.05, 0.1) is 25.3 Å². The molecule has 0 saturated heterocycles. The quantitative estimate of drug-likeness (QED) is 0.533. The van der Waals surface area contributed by atoms with Crippen molar-refractivity contribution in [1.82, 2.24) is 10.3 Å². The van der Waals surface area contributed by atoms with Crippen molar-refractivity contribution in [2.75, 3.05) is 19.5 Å². The number of para-hydroxylation sites is 1. The molecule has 1 fully saturated rings. The number of hydrogen-bond donors (Lipinski definition) is 2. The Morgan fingerprint density at radius 3 is 2.56 bits per heavy atom. The number of anilines is 2. The van der Waals surface area contributed by atoms with Crippen molar-refractivity contribution in [1.29, 1.82) is 0 Å². The van der Waals surface area contributed by atoms with E-state index >= 15 is 0 Å². The first kappa shape index (κ1) is 21.9. The Morgan fingerprint density at radius 1 is 1.00 bits per heavy atom. The lowest BCUT2D eigenvalue weighted by molar-refractivity contribution is 0.0892. The van der Waals surface area contributed by atoms with Crippen LogP contribution in [0.2, 0.25) is 0 Å². The van der Waals surface area contributed by atoms with Crippen LogP contribution in [0.25, 0.3) is 10.9 Å². The minimum atomic E-state index is -0.0510. The number of nitrogens with zero attached hydrogens (tertiary/aromatic N) is 1. The van der Waals surface area contributed by atoms with Crippen LogP contribution in [0.4, 0.5) is 11.5 Å². The standard InChI is InChI=1S/C26H31N3O3/c1-16-8-7-11-21(17(16)2)29-26(30)20-15-25(28-22-10-6-5-9-19(20)22)27-18-12-13-23(31-3)24(14-18)32-4/h5-6,9-10,12-17,21H,7-8,11H2,1-4H3,(H,27,28)(H,29,30)/t16-,17+,21-/m1/s1. The zero-order valence-corrected chi connectivity index (χ0v) is 19.1. The summed E-state index contributed by atoms with van der Waals surface area (Å²) < 4.78 is 10.7. The van der Waals surface area contributed by atoms with Crippen LogP contribution in [-0.2, 0) is 0 Å². The van der Waals surface area contributed by atoms with Gasteiger partial charge in [0, 0.05) is 23.2 Å². The van der Waals surface area contributed by atoms with Crippen LogP contribution in [-0.4, -0.2) is 31.2 Å². The zero-order valence-electron chi connectivity index (χ0n) is 19.1. The Kier molecular flexibility index (Phi) is 6.49. The second-order valence-electron chi connectivity index (χ2n) is 8.61. The third-order valence-corrected chi connectivity index (χ3v) is 6.64. The summed E-state index contributed by atoms with van der Waals surface area (Å²) in [6.07, 6.45) is 3.40. The van der Waals surface area contributed by atoms with E-state index in [0.29, 0.717) is 34.7 Å². The number of rotatable bonds is 6. The van der Waals surface area contributed by atoms with Gasteiger partial charge in [-0.2, -0.15) is 0 Å². The smallest absolute Gasteiger partial charge is 0.252 e. The number of fused-ring (bicyclic) bond motifs is 1. The van der Waals surface area contributed by atoms with Crippen molar-refractivity contribution in [3.63, 3.8) is 0 Å². The summed E-state index contributed by atoms with van der Waals surface area (Å²) in [6, 6.07) is 15.3. The van der Waals surface area contributed by atoms with E-state index in [2.05, 4.69) is 24.5 Å². The maximum Gasteiger partial charge on any atom is 0.252 e. The van der Waals surface area contributed by atoms with E-state index in [0.717, 1.165) is 29.4 Å². The zero-order chi connectivity index (χ0) is 22.7. The van der Waals surface area contributed by atoms with Gasteiger partial charge in [0.25, 0.3) is 5.91 Å². The number of nitrogens with one attached hydrogen (secondary N) is 2. The molecular weight excluding hydrogens is 402 g/mol. The molecule has 2 aromatic carbocycles. The molecule has 1 aromatic heterocycles. The second-order valence-corrected chi connectivity index (χ2v) is 8.61. The van der Waals surface area contributed by atoms with Gasteiger partial charge < -0.3 is 20.1 Å². The second kappa shape index (κ2) is 9.47. The first-order valence-electron chi connectivity index (χ1n) is 11.2. The first-order valence-corrected chi connectivity index (χ1v) is 11.2. The molecule has 1 saturated carbocycles. The van der Waals surface area contributed by atoms with Crippen LogP contribution in [0.15, 0.2) is 48.5 Å². The Labute approximate surface area is 189 Å². The molecule has 0 aliphatic heterocycles. The van der Waals surface area contributed by atoms with Gasteiger partial charge in [-0.25, -0.2) is 4.98 Å². The summed E-state index contributed by atoms with van der Waals surface area (Å²) in [5.74, 6) is 2.91. The summed E-state index contributed by atoms with van der Waals surface area (Å²) in [5.41, 5.74) is 2.20. The minimum absolute atomic E-state index is 0.0510. The molecule has 3 atom stereocenters. The molecule has 0 spiro atoms. The topological polar surface area (TPSA) is 72.5 Å². The number of benzene rings is 2. The molecule has 6 heteroatoms. The summed E-state index contributed by atoms with van der Waals surface area (Å²) >= 11 is 0. The van der Waals surface area contributed by atoms with Gasteiger partial charge in [0.1, 0.15) is 5.82 Å². The van der Waals surface area contributed by atoms with E-state index in [1.54, 1.807) is 14.2 Å². The molecule has 1 aliphatic carbocycles. The average Bonchev–Trinajstić information content (AvgIpc) is 2.81. The number of ether oxygens (including phenoxy) is 2. The van der Waals surface area contributed by atoms with Crippen LogP contribution in [0.3, 0.4) is 0 Å². The van der Waals surface area contributed by atoms with E-state index in [1.165, 1.54) is 6.42 Å². The Bertz CT molecular complexity index is 1110. The number of carbonyl (C=O) groups is 1. The Balaban J connectivity index is 1.65. The fourth-order valence-corrected chi connectivity index (χ4v) is 4.52. The molecule has 1 aliphatic rings. The van der Waals surface area contributed by atoms with E-state index in [9.17, 15) is 4.79 Å². The molecule has 1 amide bonds. The van der Waals surface area contributed by atoms with Crippen LogP contribution < -0.4 is 20.1 Å². The van der Waals surface area contributed by atoms with Gasteiger partial charge >= 0.3 is 0 Å². The Hall–Kier alpha value is -3.28.